The van der Waals surface area contributed by atoms with Gasteiger partial charge in [-0.1, -0.05) is 6.07 Å². The van der Waals surface area contributed by atoms with Crippen LogP contribution in [0.15, 0.2) is 24.3 Å². The third-order valence-corrected chi connectivity index (χ3v) is 3.39. The summed E-state index contributed by atoms with van der Waals surface area (Å²) in [5, 5.41) is 3.05. The second-order valence-electron chi connectivity index (χ2n) is 4.89. The standard InChI is InChI=1S/C13H16F4N2/c14-13(15,16)9-3-1-4-10(7-9)18-11-5-2-6-12(8-11)19-17/h1,3-4,7,11-12,18-19H,2,5-6,8H2. The van der Waals surface area contributed by atoms with Crippen molar-refractivity contribution < 1.29 is 17.7 Å². The van der Waals surface area contributed by atoms with Crippen molar-refractivity contribution in [1.29, 1.82) is 0 Å². The minimum atomic E-state index is -4.34. The van der Waals surface area contributed by atoms with Crippen molar-refractivity contribution >= 4 is 5.69 Å². The molecule has 2 rings (SSSR count). The predicted octanol–water partition coefficient (Wildman–Crippen LogP) is 3.90. The Bertz CT molecular complexity index is 419. The van der Waals surface area contributed by atoms with Gasteiger partial charge in [-0.3, -0.25) is 0 Å². The smallest absolute Gasteiger partial charge is 0.382 e. The molecule has 2 atom stereocenters. The van der Waals surface area contributed by atoms with Crippen molar-refractivity contribution in [3.8, 4) is 0 Å². The molecule has 1 aliphatic carbocycles. The SMILES string of the molecule is FNC1CCCC(Nc2cccc(C(F)(F)F)c2)C1. The molecule has 2 unspecified atom stereocenters. The van der Waals surface area contributed by atoms with E-state index in [0.29, 0.717) is 12.1 Å². The maximum atomic E-state index is 12.6. The molecule has 6 heteroatoms. The molecule has 1 aromatic carbocycles. The molecular weight excluding hydrogens is 260 g/mol. The molecule has 0 saturated heterocycles. The van der Waals surface area contributed by atoms with Crippen LogP contribution in [0.25, 0.3) is 0 Å². The van der Waals surface area contributed by atoms with Gasteiger partial charge in [-0.05, 0) is 43.9 Å². The first-order chi connectivity index (χ1) is 8.99. The van der Waals surface area contributed by atoms with Gasteiger partial charge in [-0.25, -0.2) is 0 Å². The summed E-state index contributed by atoms with van der Waals surface area (Å²) in [5.41, 5.74) is 1.49. The zero-order valence-electron chi connectivity index (χ0n) is 10.3. The fourth-order valence-corrected chi connectivity index (χ4v) is 2.44. The summed E-state index contributed by atoms with van der Waals surface area (Å²) >= 11 is 0. The predicted molar refractivity (Wildman–Crippen MR) is 65.4 cm³/mol. The van der Waals surface area contributed by atoms with E-state index >= 15 is 0 Å². The van der Waals surface area contributed by atoms with Gasteiger partial charge in [0.05, 0.1) is 5.56 Å². The topological polar surface area (TPSA) is 24.1 Å². The van der Waals surface area contributed by atoms with Crippen molar-refractivity contribution in [2.24, 2.45) is 0 Å². The quantitative estimate of drug-likeness (QED) is 0.646. The van der Waals surface area contributed by atoms with E-state index in [-0.39, 0.29) is 12.1 Å². The Balaban J connectivity index is 2.03. The molecule has 1 aliphatic rings. The lowest BCUT2D eigenvalue weighted by molar-refractivity contribution is -0.137. The van der Waals surface area contributed by atoms with Crippen LogP contribution in [0.4, 0.5) is 23.3 Å². The normalized spacial score (nSPS) is 24.2. The number of anilines is 1. The highest BCUT2D eigenvalue weighted by Gasteiger charge is 2.30. The van der Waals surface area contributed by atoms with E-state index in [4.69, 9.17) is 0 Å². The molecule has 0 bridgehead atoms. The number of nitrogens with one attached hydrogen (secondary N) is 2. The number of hydrogen-bond acceptors (Lipinski definition) is 2. The van der Waals surface area contributed by atoms with E-state index in [1.54, 1.807) is 11.6 Å². The van der Waals surface area contributed by atoms with Crippen molar-refractivity contribution in [2.75, 3.05) is 5.32 Å². The summed E-state index contributed by atoms with van der Waals surface area (Å²) in [6, 6.07) is 4.90. The zero-order valence-corrected chi connectivity index (χ0v) is 10.3. The summed E-state index contributed by atoms with van der Waals surface area (Å²) in [6.45, 7) is 0. The van der Waals surface area contributed by atoms with E-state index in [0.717, 1.165) is 31.4 Å². The number of benzene rings is 1. The number of alkyl halides is 3. The molecule has 19 heavy (non-hydrogen) atoms. The summed E-state index contributed by atoms with van der Waals surface area (Å²) in [6.07, 6.45) is -1.30. The molecule has 2 N–H and O–H groups in total. The second-order valence-corrected chi connectivity index (χ2v) is 4.89. The van der Waals surface area contributed by atoms with Crippen LogP contribution < -0.4 is 10.9 Å². The summed E-state index contributed by atoms with van der Waals surface area (Å²) in [7, 11) is 0. The van der Waals surface area contributed by atoms with Crippen LogP contribution >= 0.6 is 0 Å². The maximum Gasteiger partial charge on any atom is 0.416 e. The van der Waals surface area contributed by atoms with Gasteiger partial charge in [-0.2, -0.15) is 18.7 Å². The number of hydrogen-bond donors (Lipinski definition) is 2. The van der Waals surface area contributed by atoms with Gasteiger partial charge in [0.1, 0.15) is 0 Å². The Labute approximate surface area is 109 Å². The fraction of sp³-hybridized carbons (Fsp3) is 0.538. The van der Waals surface area contributed by atoms with E-state index in [1.807, 2.05) is 0 Å². The highest BCUT2D eigenvalue weighted by atomic mass is 19.4. The van der Waals surface area contributed by atoms with Gasteiger partial charge in [0, 0.05) is 17.8 Å². The molecule has 0 aliphatic heterocycles. The number of halogens is 4. The molecule has 106 valence electrons. The van der Waals surface area contributed by atoms with E-state index in [9.17, 15) is 17.7 Å². The van der Waals surface area contributed by atoms with Crippen LogP contribution in [0, 0.1) is 0 Å². The first-order valence-corrected chi connectivity index (χ1v) is 6.29. The van der Waals surface area contributed by atoms with Crippen LogP contribution in [0.3, 0.4) is 0 Å². The van der Waals surface area contributed by atoms with Gasteiger partial charge < -0.3 is 5.32 Å². The molecule has 0 radical (unpaired) electrons. The van der Waals surface area contributed by atoms with Crippen LogP contribution in [-0.4, -0.2) is 12.1 Å². The van der Waals surface area contributed by atoms with Crippen molar-refractivity contribution in [2.45, 2.75) is 43.9 Å². The van der Waals surface area contributed by atoms with Crippen LogP contribution in [0.5, 0.6) is 0 Å². The summed E-state index contributed by atoms with van der Waals surface area (Å²) < 4.78 is 50.1. The monoisotopic (exact) mass is 276 g/mol. The van der Waals surface area contributed by atoms with Gasteiger partial charge in [0.2, 0.25) is 0 Å². The number of rotatable bonds is 3. The molecule has 1 fully saturated rings. The molecule has 0 amide bonds. The van der Waals surface area contributed by atoms with E-state index in [2.05, 4.69) is 5.32 Å². The molecule has 2 nitrogen and oxygen atoms in total. The Morgan fingerprint density at radius 1 is 1.11 bits per heavy atom. The second kappa shape index (κ2) is 5.77. The highest BCUT2D eigenvalue weighted by Crippen LogP contribution is 2.31. The van der Waals surface area contributed by atoms with Crippen molar-refractivity contribution in [3.63, 3.8) is 0 Å². The third kappa shape index (κ3) is 3.83. The molecule has 1 saturated carbocycles. The lowest BCUT2D eigenvalue weighted by atomic mass is 9.91. The van der Waals surface area contributed by atoms with Gasteiger partial charge in [-0.15, -0.1) is 4.48 Å². The van der Waals surface area contributed by atoms with Crippen LogP contribution in [0.1, 0.15) is 31.2 Å². The Morgan fingerprint density at radius 2 is 1.84 bits per heavy atom. The summed E-state index contributed by atoms with van der Waals surface area (Å²) in [5.74, 6) is 0. The van der Waals surface area contributed by atoms with E-state index in [1.165, 1.54) is 6.07 Å². The first kappa shape index (κ1) is 14.1. The minimum absolute atomic E-state index is 0.00508. The van der Waals surface area contributed by atoms with Gasteiger partial charge in [0.25, 0.3) is 0 Å². The largest absolute Gasteiger partial charge is 0.416 e. The third-order valence-electron chi connectivity index (χ3n) is 3.39. The average molecular weight is 276 g/mol. The fourth-order valence-electron chi connectivity index (χ4n) is 2.44. The van der Waals surface area contributed by atoms with Crippen LogP contribution in [-0.2, 0) is 6.18 Å². The Kier molecular flexibility index (Phi) is 4.29. The highest BCUT2D eigenvalue weighted by molar-refractivity contribution is 5.47. The van der Waals surface area contributed by atoms with Crippen molar-refractivity contribution in [3.05, 3.63) is 29.8 Å². The molecule has 1 aromatic rings. The lowest BCUT2D eigenvalue weighted by Crippen LogP contribution is -2.35. The molecule has 0 aromatic heterocycles. The lowest BCUT2D eigenvalue weighted by Gasteiger charge is -2.29. The first-order valence-electron chi connectivity index (χ1n) is 6.29. The Morgan fingerprint density at radius 3 is 2.53 bits per heavy atom. The molecule has 0 spiro atoms. The van der Waals surface area contributed by atoms with Gasteiger partial charge in [0.15, 0.2) is 0 Å². The average Bonchev–Trinajstić information content (AvgIpc) is 2.38. The maximum absolute atomic E-state index is 12.6. The van der Waals surface area contributed by atoms with Gasteiger partial charge >= 0.3 is 6.18 Å². The minimum Gasteiger partial charge on any atom is -0.382 e. The molecule has 0 heterocycles. The van der Waals surface area contributed by atoms with E-state index < -0.39 is 11.7 Å². The van der Waals surface area contributed by atoms with Crippen LogP contribution in [0.2, 0.25) is 0 Å². The molecular formula is C13H16F4N2. The van der Waals surface area contributed by atoms with Crippen molar-refractivity contribution in [1.82, 2.24) is 5.54 Å². The summed E-state index contributed by atoms with van der Waals surface area (Å²) in [4.78, 5) is 0. The zero-order chi connectivity index (χ0) is 13.9. The Hall–Kier alpha value is -1.30.